The van der Waals surface area contributed by atoms with Gasteiger partial charge in [-0.1, -0.05) is 25.4 Å². The third-order valence-electron chi connectivity index (χ3n) is 2.65. The van der Waals surface area contributed by atoms with E-state index in [-0.39, 0.29) is 16.6 Å². The lowest BCUT2D eigenvalue weighted by Crippen LogP contribution is -2.34. The van der Waals surface area contributed by atoms with Crippen molar-refractivity contribution < 1.29 is 9.72 Å². The van der Waals surface area contributed by atoms with Gasteiger partial charge in [0.25, 0.3) is 11.6 Å². The zero-order valence-electron chi connectivity index (χ0n) is 11.2. The molecule has 0 fully saturated rings. The van der Waals surface area contributed by atoms with E-state index in [9.17, 15) is 14.9 Å². The third kappa shape index (κ3) is 3.92. The summed E-state index contributed by atoms with van der Waals surface area (Å²) in [7, 11) is 0. The van der Waals surface area contributed by atoms with Crippen molar-refractivity contribution in [3.63, 3.8) is 0 Å². The van der Waals surface area contributed by atoms with E-state index in [2.05, 4.69) is 0 Å². The first-order valence-corrected chi connectivity index (χ1v) is 6.47. The van der Waals surface area contributed by atoms with Crippen LogP contribution in [0.15, 0.2) is 18.2 Å². The number of rotatable bonds is 5. The van der Waals surface area contributed by atoms with Gasteiger partial charge in [-0.15, -0.1) is 0 Å². The molecule has 0 spiro atoms. The van der Waals surface area contributed by atoms with Gasteiger partial charge in [-0.05, 0) is 25.0 Å². The molecule has 0 bridgehead atoms. The Hall–Kier alpha value is -1.62. The molecule has 1 aromatic rings. The topological polar surface area (TPSA) is 63.5 Å². The average Bonchev–Trinajstić information content (AvgIpc) is 2.34. The number of amides is 1. The Kier molecular flexibility index (Phi) is 5.30. The van der Waals surface area contributed by atoms with Crippen LogP contribution in [0.5, 0.6) is 0 Å². The first-order valence-electron chi connectivity index (χ1n) is 6.10. The van der Waals surface area contributed by atoms with Crippen LogP contribution in [0.4, 0.5) is 5.69 Å². The Morgan fingerprint density at radius 3 is 2.53 bits per heavy atom. The lowest BCUT2D eigenvalue weighted by molar-refractivity contribution is -0.384. The molecular formula is C13H17ClN2O3. The number of nitrogens with zero attached hydrogens (tertiary/aromatic N) is 2. The maximum absolute atomic E-state index is 12.2. The fraction of sp³-hybridized carbons (Fsp3) is 0.462. The largest absolute Gasteiger partial charge is 0.339 e. The normalized spacial score (nSPS) is 10.6. The monoisotopic (exact) mass is 284 g/mol. The molecule has 0 heterocycles. The predicted octanol–water partition coefficient (Wildman–Crippen LogP) is 3.37. The van der Waals surface area contributed by atoms with E-state index in [1.807, 2.05) is 20.8 Å². The minimum absolute atomic E-state index is 0.0172. The summed E-state index contributed by atoms with van der Waals surface area (Å²) in [4.78, 5) is 24.0. The van der Waals surface area contributed by atoms with Gasteiger partial charge < -0.3 is 4.90 Å². The van der Waals surface area contributed by atoms with Gasteiger partial charge in [0.15, 0.2) is 0 Å². The Labute approximate surface area is 117 Å². The van der Waals surface area contributed by atoms with Crippen molar-refractivity contribution in [3.8, 4) is 0 Å². The summed E-state index contributed by atoms with van der Waals surface area (Å²) in [5.74, 6) is 0.199. The number of nitro benzene ring substituents is 1. The molecule has 0 radical (unpaired) electrons. The van der Waals surface area contributed by atoms with Crippen LogP contribution in [0.25, 0.3) is 0 Å². The summed E-state index contributed by atoms with van der Waals surface area (Å²) in [6.45, 7) is 7.18. The van der Waals surface area contributed by atoms with Crippen LogP contribution in [-0.4, -0.2) is 28.8 Å². The number of hydrogen-bond acceptors (Lipinski definition) is 3. The number of hydrogen-bond donors (Lipinski definition) is 0. The number of nitro groups is 1. The molecule has 0 N–H and O–H groups in total. The van der Waals surface area contributed by atoms with Crippen LogP contribution >= 0.6 is 11.6 Å². The van der Waals surface area contributed by atoms with Crippen LogP contribution in [0, 0.1) is 16.0 Å². The van der Waals surface area contributed by atoms with Crippen LogP contribution in [0.1, 0.15) is 31.1 Å². The Bertz CT molecular complexity index is 489. The van der Waals surface area contributed by atoms with Crippen molar-refractivity contribution in [2.75, 3.05) is 13.1 Å². The second kappa shape index (κ2) is 6.52. The molecule has 0 aliphatic heterocycles. The van der Waals surface area contributed by atoms with E-state index in [1.165, 1.54) is 18.2 Å². The summed E-state index contributed by atoms with van der Waals surface area (Å²) in [5, 5.41) is 10.6. The zero-order valence-corrected chi connectivity index (χ0v) is 12.0. The smallest absolute Gasteiger partial charge is 0.287 e. The molecule has 1 rings (SSSR count). The van der Waals surface area contributed by atoms with Gasteiger partial charge in [0.1, 0.15) is 5.02 Å². The second-order valence-electron chi connectivity index (χ2n) is 4.66. The standard InChI is InChI=1S/C13H17ClN2O3/c1-4-15(8-9(2)3)13(17)10-5-6-12(16(18)19)11(14)7-10/h5-7,9H,4,8H2,1-3H3. The number of benzene rings is 1. The van der Waals surface area contributed by atoms with Gasteiger partial charge >= 0.3 is 0 Å². The molecule has 1 amide bonds. The fourth-order valence-electron chi connectivity index (χ4n) is 1.77. The van der Waals surface area contributed by atoms with Crippen LogP contribution < -0.4 is 0 Å². The molecule has 104 valence electrons. The van der Waals surface area contributed by atoms with Gasteiger partial charge in [-0.2, -0.15) is 0 Å². The first kappa shape index (κ1) is 15.4. The quantitative estimate of drug-likeness (QED) is 0.615. The van der Waals surface area contributed by atoms with E-state index < -0.39 is 4.92 Å². The zero-order chi connectivity index (χ0) is 14.6. The molecule has 0 unspecified atom stereocenters. The minimum Gasteiger partial charge on any atom is -0.339 e. The minimum atomic E-state index is -0.567. The molecule has 0 aromatic heterocycles. The lowest BCUT2D eigenvalue weighted by Gasteiger charge is -2.23. The average molecular weight is 285 g/mol. The van der Waals surface area contributed by atoms with Crippen molar-refractivity contribution >= 4 is 23.2 Å². The fourth-order valence-corrected chi connectivity index (χ4v) is 2.02. The molecule has 0 aliphatic rings. The summed E-state index contributed by atoms with van der Waals surface area (Å²) in [5.41, 5.74) is 0.184. The second-order valence-corrected chi connectivity index (χ2v) is 5.07. The van der Waals surface area contributed by atoms with Crippen LogP contribution in [0.2, 0.25) is 5.02 Å². The number of halogens is 1. The van der Waals surface area contributed by atoms with Crippen molar-refractivity contribution in [2.24, 2.45) is 5.92 Å². The van der Waals surface area contributed by atoms with E-state index >= 15 is 0 Å². The lowest BCUT2D eigenvalue weighted by atomic mass is 10.1. The van der Waals surface area contributed by atoms with Gasteiger partial charge in [0.2, 0.25) is 0 Å². The molecule has 5 nitrogen and oxygen atoms in total. The molecule has 6 heteroatoms. The third-order valence-corrected chi connectivity index (χ3v) is 2.95. The van der Waals surface area contributed by atoms with E-state index in [4.69, 9.17) is 11.6 Å². The molecular weight excluding hydrogens is 268 g/mol. The molecule has 0 saturated heterocycles. The molecule has 0 atom stereocenters. The summed E-state index contributed by atoms with van der Waals surface area (Å²) in [6, 6.07) is 4.05. The number of carbonyl (C=O) groups is 1. The summed E-state index contributed by atoms with van der Waals surface area (Å²) < 4.78 is 0. The predicted molar refractivity (Wildman–Crippen MR) is 74.5 cm³/mol. The summed E-state index contributed by atoms with van der Waals surface area (Å²) >= 11 is 5.81. The van der Waals surface area contributed by atoms with Crippen molar-refractivity contribution in [2.45, 2.75) is 20.8 Å². The van der Waals surface area contributed by atoms with Crippen LogP contribution in [-0.2, 0) is 0 Å². The SMILES string of the molecule is CCN(CC(C)C)C(=O)c1ccc([N+](=O)[O-])c(Cl)c1. The van der Waals surface area contributed by atoms with Crippen molar-refractivity contribution in [1.82, 2.24) is 4.90 Å². The molecule has 0 aliphatic carbocycles. The van der Waals surface area contributed by atoms with Crippen LogP contribution in [0.3, 0.4) is 0 Å². The summed E-state index contributed by atoms with van der Waals surface area (Å²) in [6.07, 6.45) is 0. The maximum Gasteiger partial charge on any atom is 0.287 e. The van der Waals surface area contributed by atoms with Gasteiger partial charge in [0, 0.05) is 24.7 Å². The van der Waals surface area contributed by atoms with Gasteiger partial charge in [0.05, 0.1) is 4.92 Å². The number of carbonyl (C=O) groups excluding carboxylic acids is 1. The van der Waals surface area contributed by atoms with Gasteiger partial charge in [-0.3, -0.25) is 14.9 Å². The molecule has 1 aromatic carbocycles. The van der Waals surface area contributed by atoms with Gasteiger partial charge in [-0.25, -0.2) is 0 Å². The Morgan fingerprint density at radius 1 is 1.47 bits per heavy atom. The highest BCUT2D eigenvalue weighted by Gasteiger charge is 2.19. The maximum atomic E-state index is 12.2. The Balaban J connectivity index is 2.99. The molecule has 19 heavy (non-hydrogen) atoms. The highest BCUT2D eigenvalue weighted by molar-refractivity contribution is 6.33. The van der Waals surface area contributed by atoms with Crippen molar-refractivity contribution in [3.05, 3.63) is 38.9 Å². The molecule has 0 saturated carbocycles. The highest BCUT2D eigenvalue weighted by atomic mass is 35.5. The Morgan fingerprint density at radius 2 is 2.11 bits per heavy atom. The van der Waals surface area contributed by atoms with E-state index in [1.54, 1.807) is 4.90 Å². The van der Waals surface area contributed by atoms with E-state index in [0.717, 1.165) is 0 Å². The highest BCUT2D eigenvalue weighted by Crippen LogP contribution is 2.25. The first-order chi connectivity index (χ1) is 8.86. The van der Waals surface area contributed by atoms with Crippen molar-refractivity contribution in [1.29, 1.82) is 0 Å². The van der Waals surface area contributed by atoms with E-state index in [0.29, 0.717) is 24.6 Å².